The summed E-state index contributed by atoms with van der Waals surface area (Å²) in [6, 6.07) is 0. The standard InChI is InChI=1S/C15H23NO6/c1-9(17)20-8-13-11(21-10(2)18)6-7-12(22-13)14(19)16-15(3,4)5/h6-7,11-13H,8H2,1-5H3,(H,16,19)/t11-,12?,13+/m0/s1. The molecule has 0 aromatic rings. The van der Waals surface area contributed by atoms with Crippen LogP contribution in [-0.2, 0) is 28.6 Å². The monoisotopic (exact) mass is 313 g/mol. The number of carbonyl (C=O) groups is 3. The molecule has 1 unspecified atom stereocenters. The minimum absolute atomic E-state index is 0.100. The van der Waals surface area contributed by atoms with Gasteiger partial charge in [0.15, 0.2) is 6.10 Å². The average molecular weight is 313 g/mol. The van der Waals surface area contributed by atoms with Gasteiger partial charge in [0.2, 0.25) is 0 Å². The first-order chi connectivity index (χ1) is 10.1. The molecule has 0 saturated heterocycles. The highest BCUT2D eigenvalue weighted by atomic mass is 16.6. The van der Waals surface area contributed by atoms with Crippen molar-refractivity contribution in [1.29, 1.82) is 0 Å². The molecule has 1 amide bonds. The van der Waals surface area contributed by atoms with Crippen LogP contribution < -0.4 is 5.32 Å². The van der Waals surface area contributed by atoms with Crippen molar-refractivity contribution in [2.45, 2.75) is 58.5 Å². The highest BCUT2D eigenvalue weighted by Crippen LogP contribution is 2.18. The number of rotatable bonds is 4. The fraction of sp³-hybridized carbons (Fsp3) is 0.667. The summed E-state index contributed by atoms with van der Waals surface area (Å²) in [5.41, 5.74) is -0.396. The molecule has 1 rings (SSSR count). The minimum atomic E-state index is -0.827. The van der Waals surface area contributed by atoms with Crippen molar-refractivity contribution >= 4 is 17.8 Å². The Hall–Kier alpha value is -1.89. The lowest BCUT2D eigenvalue weighted by atomic mass is 10.1. The lowest BCUT2D eigenvalue weighted by Gasteiger charge is -2.32. The average Bonchev–Trinajstić information content (AvgIpc) is 2.34. The minimum Gasteiger partial charge on any atom is -0.463 e. The number of amides is 1. The van der Waals surface area contributed by atoms with Gasteiger partial charge in [0.05, 0.1) is 0 Å². The van der Waals surface area contributed by atoms with E-state index in [2.05, 4.69) is 5.32 Å². The smallest absolute Gasteiger partial charge is 0.303 e. The summed E-state index contributed by atoms with van der Waals surface area (Å²) in [4.78, 5) is 34.2. The number of hydrogen-bond donors (Lipinski definition) is 1. The second-order valence-corrected chi connectivity index (χ2v) is 6.10. The number of esters is 2. The zero-order valence-corrected chi connectivity index (χ0v) is 13.5. The Morgan fingerprint density at radius 1 is 1.14 bits per heavy atom. The molecule has 3 atom stereocenters. The number of hydrogen-bond acceptors (Lipinski definition) is 6. The quantitative estimate of drug-likeness (QED) is 0.607. The fourth-order valence-electron chi connectivity index (χ4n) is 1.88. The van der Waals surface area contributed by atoms with Gasteiger partial charge in [-0.3, -0.25) is 14.4 Å². The van der Waals surface area contributed by atoms with Gasteiger partial charge in [-0.05, 0) is 32.9 Å². The Kier molecular flexibility index (Phi) is 6.11. The van der Waals surface area contributed by atoms with Crippen LogP contribution >= 0.6 is 0 Å². The Labute approximate surface area is 130 Å². The summed E-state index contributed by atoms with van der Waals surface area (Å²) in [7, 11) is 0. The first-order valence-corrected chi connectivity index (χ1v) is 7.05. The summed E-state index contributed by atoms with van der Waals surface area (Å²) in [5.74, 6) is -1.27. The van der Waals surface area contributed by atoms with Crippen LogP contribution in [-0.4, -0.2) is 48.3 Å². The molecule has 0 radical (unpaired) electrons. The Bertz CT molecular complexity index is 465. The van der Waals surface area contributed by atoms with Crippen LogP contribution in [0, 0.1) is 0 Å². The number of carbonyl (C=O) groups excluding carboxylic acids is 3. The molecule has 1 N–H and O–H groups in total. The lowest BCUT2D eigenvalue weighted by Crippen LogP contribution is -2.50. The summed E-state index contributed by atoms with van der Waals surface area (Å²) in [6.07, 6.45) is 0.848. The second kappa shape index (κ2) is 7.40. The Morgan fingerprint density at radius 3 is 2.27 bits per heavy atom. The molecule has 0 aliphatic carbocycles. The van der Waals surface area contributed by atoms with Crippen LogP contribution in [0.4, 0.5) is 0 Å². The maximum Gasteiger partial charge on any atom is 0.303 e. The fourth-order valence-corrected chi connectivity index (χ4v) is 1.88. The van der Waals surface area contributed by atoms with E-state index < -0.39 is 35.8 Å². The molecular weight excluding hydrogens is 290 g/mol. The number of nitrogens with one attached hydrogen (secondary N) is 1. The topological polar surface area (TPSA) is 90.9 Å². The molecule has 1 heterocycles. The van der Waals surface area contributed by atoms with E-state index in [1.54, 1.807) is 6.08 Å². The van der Waals surface area contributed by atoms with Gasteiger partial charge in [-0.15, -0.1) is 0 Å². The van der Waals surface area contributed by atoms with Gasteiger partial charge in [0.25, 0.3) is 5.91 Å². The van der Waals surface area contributed by atoms with E-state index in [9.17, 15) is 14.4 Å². The van der Waals surface area contributed by atoms with Gasteiger partial charge < -0.3 is 19.5 Å². The molecule has 124 valence electrons. The van der Waals surface area contributed by atoms with Gasteiger partial charge in [0, 0.05) is 19.4 Å². The van der Waals surface area contributed by atoms with Crippen LogP contribution in [0.5, 0.6) is 0 Å². The van der Waals surface area contributed by atoms with E-state index >= 15 is 0 Å². The van der Waals surface area contributed by atoms with Gasteiger partial charge in [0.1, 0.15) is 18.8 Å². The highest BCUT2D eigenvalue weighted by Gasteiger charge is 2.34. The van der Waals surface area contributed by atoms with Crippen molar-refractivity contribution in [3.05, 3.63) is 12.2 Å². The van der Waals surface area contributed by atoms with Crippen molar-refractivity contribution < 1.29 is 28.6 Å². The van der Waals surface area contributed by atoms with Crippen molar-refractivity contribution in [2.24, 2.45) is 0 Å². The van der Waals surface area contributed by atoms with Crippen LogP contribution in [0.15, 0.2) is 12.2 Å². The molecule has 7 nitrogen and oxygen atoms in total. The molecule has 0 bridgehead atoms. The van der Waals surface area contributed by atoms with Gasteiger partial charge in [-0.25, -0.2) is 0 Å². The van der Waals surface area contributed by atoms with Crippen molar-refractivity contribution in [3.63, 3.8) is 0 Å². The maximum absolute atomic E-state index is 12.1. The molecule has 0 saturated carbocycles. The predicted molar refractivity (Wildman–Crippen MR) is 77.9 cm³/mol. The zero-order chi connectivity index (χ0) is 16.9. The molecular formula is C15H23NO6. The second-order valence-electron chi connectivity index (χ2n) is 6.10. The first-order valence-electron chi connectivity index (χ1n) is 7.05. The van der Waals surface area contributed by atoms with E-state index in [0.717, 1.165) is 0 Å². The van der Waals surface area contributed by atoms with Crippen molar-refractivity contribution in [3.8, 4) is 0 Å². The highest BCUT2D eigenvalue weighted by molar-refractivity contribution is 5.83. The third-order valence-corrected chi connectivity index (χ3v) is 2.67. The molecule has 22 heavy (non-hydrogen) atoms. The first kappa shape index (κ1) is 18.2. The predicted octanol–water partition coefficient (Wildman–Crippen LogP) is 0.719. The van der Waals surface area contributed by atoms with Crippen LogP contribution in [0.1, 0.15) is 34.6 Å². The van der Waals surface area contributed by atoms with Gasteiger partial charge in [-0.1, -0.05) is 0 Å². The third-order valence-electron chi connectivity index (χ3n) is 2.67. The van der Waals surface area contributed by atoms with Gasteiger partial charge >= 0.3 is 11.9 Å². The molecule has 0 spiro atoms. The number of ether oxygens (including phenoxy) is 3. The summed E-state index contributed by atoms with van der Waals surface area (Å²) in [6.45, 7) is 8.01. The third kappa shape index (κ3) is 6.26. The summed E-state index contributed by atoms with van der Waals surface area (Å²) >= 11 is 0. The Morgan fingerprint density at radius 2 is 1.77 bits per heavy atom. The van der Waals surface area contributed by atoms with Crippen LogP contribution in [0.3, 0.4) is 0 Å². The van der Waals surface area contributed by atoms with Crippen molar-refractivity contribution in [1.82, 2.24) is 5.32 Å². The van der Waals surface area contributed by atoms with E-state index in [4.69, 9.17) is 14.2 Å². The molecule has 0 fully saturated rings. The van der Waals surface area contributed by atoms with E-state index in [0.29, 0.717) is 0 Å². The van der Waals surface area contributed by atoms with Crippen LogP contribution in [0.2, 0.25) is 0 Å². The van der Waals surface area contributed by atoms with Crippen LogP contribution in [0.25, 0.3) is 0 Å². The van der Waals surface area contributed by atoms with Crippen molar-refractivity contribution in [2.75, 3.05) is 6.61 Å². The van der Waals surface area contributed by atoms with E-state index in [1.165, 1.54) is 19.9 Å². The molecule has 0 aromatic carbocycles. The summed E-state index contributed by atoms with van der Waals surface area (Å²) in [5, 5.41) is 2.80. The lowest BCUT2D eigenvalue weighted by molar-refractivity contribution is -0.166. The van der Waals surface area contributed by atoms with E-state index in [1.807, 2.05) is 20.8 Å². The molecule has 0 aromatic heterocycles. The zero-order valence-electron chi connectivity index (χ0n) is 13.5. The SMILES string of the molecule is CC(=O)OC[C@H]1OC(C(=O)NC(C)(C)C)C=C[C@@H]1OC(C)=O. The molecule has 7 heteroatoms. The molecule has 1 aliphatic heterocycles. The normalized spacial score (nSPS) is 24.5. The van der Waals surface area contributed by atoms with Gasteiger partial charge in [-0.2, -0.15) is 0 Å². The Balaban J connectivity index is 2.78. The maximum atomic E-state index is 12.1. The molecule has 1 aliphatic rings. The summed E-state index contributed by atoms with van der Waals surface area (Å²) < 4.78 is 15.6. The largest absolute Gasteiger partial charge is 0.463 e. The van der Waals surface area contributed by atoms with E-state index in [-0.39, 0.29) is 12.5 Å².